The van der Waals surface area contributed by atoms with Crippen molar-refractivity contribution in [1.82, 2.24) is 39.7 Å². The van der Waals surface area contributed by atoms with Gasteiger partial charge in [0, 0.05) is 53.8 Å². The van der Waals surface area contributed by atoms with Crippen LogP contribution in [0.25, 0.3) is 16.9 Å². The molecule has 2 N–H and O–H groups in total. The molecule has 5 heterocycles. The summed E-state index contributed by atoms with van der Waals surface area (Å²) in [6.45, 7) is 2.68. The van der Waals surface area contributed by atoms with E-state index in [4.69, 9.17) is 23.2 Å². The number of carboxylic acid groups (broad SMARTS) is 1. The number of pyridine rings is 1. The Bertz CT molecular complexity index is 1770. The maximum absolute atomic E-state index is 13.7. The summed E-state index contributed by atoms with van der Waals surface area (Å²) in [6, 6.07) is 9.91. The third-order valence-electron chi connectivity index (χ3n) is 8.27. The van der Waals surface area contributed by atoms with Gasteiger partial charge in [0.2, 0.25) is 5.91 Å². The number of rotatable bonds is 3. The van der Waals surface area contributed by atoms with Crippen molar-refractivity contribution in [3.05, 3.63) is 86.9 Å². The predicted octanol–water partition coefficient (Wildman–Crippen LogP) is 3.95. The Kier molecular flexibility index (Phi) is 7.65. The Morgan fingerprint density at radius 2 is 1.91 bits per heavy atom. The fourth-order valence-corrected chi connectivity index (χ4v) is 6.15. The number of aromatic nitrogens is 6. The van der Waals surface area contributed by atoms with Crippen molar-refractivity contribution in [3.8, 4) is 16.9 Å². The number of carbonyl (C=O) groups is 2. The molecule has 6 rings (SSSR count). The summed E-state index contributed by atoms with van der Waals surface area (Å²) in [5.74, 6) is -0.323. The van der Waals surface area contributed by atoms with Crippen molar-refractivity contribution in [2.45, 2.75) is 37.6 Å². The van der Waals surface area contributed by atoms with Crippen LogP contribution in [0.3, 0.4) is 0 Å². The summed E-state index contributed by atoms with van der Waals surface area (Å²) in [5, 5.41) is 21.1. The molecule has 0 radical (unpaired) electrons. The average Bonchev–Trinajstić information content (AvgIpc) is 3.40. The molecule has 12 nitrogen and oxygen atoms in total. The van der Waals surface area contributed by atoms with E-state index < -0.39 is 17.6 Å². The van der Waals surface area contributed by atoms with Gasteiger partial charge in [-0.15, -0.1) is 5.10 Å². The summed E-state index contributed by atoms with van der Waals surface area (Å²) >= 11 is 12.3. The number of benzene rings is 1. The number of likely N-dealkylation sites (tertiary alicyclic amines) is 1. The lowest BCUT2D eigenvalue weighted by Crippen LogP contribution is -2.65. The quantitative estimate of drug-likeness (QED) is 0.349. The summed E-state index contributed by atoms with van der Waals surface area (Å²) in [5.41, 5.74) is 2.22. The van der Waals surface area contributed by atoms with Gasteiger partial charge in [0.15, 0.2) is 5.15 Å². The van der Waals surface area contributed by atoms with Crippen LogP contribution in [0.2, 0.25) is 10.2 Å². The zero-order valence-corrected chi connectivity index (χ0v) is 24.7. The minimum atomic E-state index is -1.00. The van der Waals surface area contributed by atoms with E-state index in [2.05, 4.69) is 25.6 Å². The lowest BCUT2D eigenvalue weighted by molar-refractivity contribution is -0.125. The molecule has 1 fully saturated rings. The molecule has 4 aromatic rings. The lowest BCUT2D eigenvalue weighted by Gasteiger charge is -2.49. The molecule has 2 bridgehead atoms. The van der Waals surface area contributed by atoms with Gasteiger partial charge in [-0.05, 0) is 48.7 Å². The number of carbonyl (C=O) groups excluding carboxylic acids is 1. The molecule has 222 valence electrons. The van der Waals surface area contributed by atoms with Gasteiger partial charge in [0.25, 0.3) is 5.56 Å². The monoisotopic (exact) mass is 622 g/mol. The highest BCUT2D eigenvalue weighted by atomic mass is 35.5. The topological polar surface area (TPSA) is 148 Å². The molecule has 2 aliphatic rings. The van der Waals surface area contributed by atoms with Crippen LogP contribution in [-0.2, 0) is 10.2 Å². The Morgan fingerprint density at radius 3 is 2.63 bits per heavy atom. The SMILES string of the molecule is C[C@@H]1CCC[C@H](n2cnc(-c3cc(Cl)ccc3-n3cc(Cl)nn3)cc2=O)c2cc(ccn2)C2(CNC1=O)CN(C(=O)O)C2. The number of fused-ring (bicyclic) bond motifs is 3. The van der Waals surface area contributed by atoms with E-state index in [9.17, 15) is 19.5 Å². The first-order valence-electron chi connectivity index (χ1n) is 13.8. The zero-order valence-electron chi connectivity index (χ0n) is 23.2. The molecule has 1 aromatic carbocycles. The van der Waals surface area contributed by atoms with Crippen LogP contribution >= 0.6 is 23.2 Å². The molecule has 2 atom stereocenters. The van der Waals surface area contributed by atoms with E-state index in [1.54, 1.807) is 35.2 Å². The molecular weight excluding hydrogens is 595 g/mol. The second-order valence-corrected chi connectivity index (χ2v) is 11.9. The lowest BCUT2D eigenvalue weighted by atomic mass is 9.73. The molecule has 3 aromatic heterocycles. The molecular formula is C29H28Cl2N8O4. The molecule has 14 heteroatoms. The van der Waals surface area contributed by atoms with Gasteiger partial charge in [-0.3, -0.25) is 19.1 Å². The van der Waals surface area contributed by atoms with Gasteiger partial charge < -0.3 is 15.3 Å². The molecule has 43 heavy (non-hydrogen) atoms. The number of nitrogens with one attached hydrogen (secondary N) is 1. The van der Waals surface area contributed by atoms with E-state index in [0.29, 0.717) is 53.5 Å². The Balaban J connectivity index is 1.40. The van der Waals surface area contributed by atoms with Gasteiger partial charge in [-0.25, -0.2) is 14.5 Å². The average molecular weight is 624 g/mol. The summed E-state index contributed by atoms with van der Waals surface area (Å²) in [7, 11) is 0. The van der Waals surface area contributed by atoms with Gasteiger partial charge >= 0.3 is 6.09 Å². The van der Waals surface area contributed by atoms with E-state index >= 15 is 0 Å². The number of hydrogen-bond acceptors (Lipinski definition) is 7. The van der Waals surface area contributed by atoms with E-state index in [1.807, 2.05) is 19.1 Å². The van der Waals surface area contributed by atoms with Crippen molar-refractivity contribution in [1.29, 1.82) is 0 Å². The van der Waals surface area contributed by atoms with Gasteiger partial charge in [-0.2, -0.15) is 0 Å². The Morgan fingerprint density at radius 1 is 1.09 bits per heavy atom. The largest absolute Gasteiger partial charge is 0.465 e. The Hall–Kier alpha value is -4.29. The summed E-state index contributed by atoms with van der Waals surface area (Å²) in [4.78, 5) is 48.8. The third kappa shape index (κ3) is 5.59. The van der Waals surface area contributed by atoms with Crippen LogP contribution in [0.15, 0.2) is 59.9 Å². The molecule has 1 spiro atoms. The molecule has 2 amide bonds. The standard InChI is InChI=1S/C29H28Cl2N8O4/c1-17-3-2-4-24(22-9-18(7-8-32-22)29(13-33-27(17)41)14-37(15-29)28(42)43)38-16-34-21(11-26(38)40)20-10-19(30)5-6-23(20)39-12-25(31)35-36-39/h5-12,16-17,24H,2-4,13-15H2,1H3,(H,33,41)(H,42,43)/t17-,24+/m1/s1. The second kappa shape index (κ2) is 11.4. The fourth-order valence-electron chi connectivity index (χ4n) is 5.85. The summed E-state index contributed by atoms with van der Waals surface area (Å²) in [6.07, 6.45) is 5.55. The van der Waals surface area contributed by atoms with E-state index in [-0.39, 0.29) is 35.6 Å². The van der Waals surface area contributed by atoms with Crippen molar-refractivity contribution in [2.24, 2.45) is 5.92 Å². The zero-order chi connectivity index (χ0) is 30.3. The van der Waals surface area contributed by atoms with Gasteiger partial charge in [0.05, 0.1) is 35.6 Å². The van der Waals surface area contributed by atoms with Crippen LogP contribution < -0.4 is 10.9 Å². The van der Waals surface area contributed by atoms with Crippen LogP contribution in [0, 0.1) is 5.92 Å². The smallest absolute Gasteiger partial charge is 0.407 e. The van der Waals surface area contributed by atoms with Crippen LogP contribution in [0.4, 0.5) is 4.79 Å². The van der Waals surface area contributed by atoms with E-state index in [0.717, 1.165) is 5.56 Å². The van der Waals surface area contributed by atoms with E-state index in [1.165, 1.54) is 22.0 Å². The van der Waals surface area contributed by atoms with Crippen LogP contribution in [-0.4, -0.2) is 71.2 Å². The van der Waals surface area contributed by atoms with Crippen LogP contribution in [0.1, 0.15) is 43.5 Å². The van der Waals surface area contributed by atoms with Crippen molar-refractivity contribution in [3.63, 3.8) is 0 Å². The first-order chi connectivity index (χ1) is 20.6. The number of hydrogen-bond donors (Lipinski definition) is 2. The van der Waals surface area contributed by atoms with Crippen LogP contribution in [0.5, 0.6) is 0 Å². The highest BCUT2D eigenvalue weighted by Crippen LogP contribution is 2.36. The first kappa shape index (κ1) is 28.8. The minimum absolute atomic E-state index is 0.0752. The van der Waals surface area contributed by atoms with Crippen molar-refractivity contribution >= 4 is 35.2 Å². The molecule has 0 saturated carbocycles. The third-order valence-corrected chi connectivity index (χ3v) is 8.68. The van der Waals surface area contributed by atoms with Crippen molar-refractivity contribution < 1.29 is 14.7 Å². The predicted molar refractivity (Wildman–Crippen MR) is 159 cm³/mol. The number of nitrogens with zero attached hydrogens (tertiary/aromatic N) is 7. The summed E-state index contributed by atoms with van der Waals surface area (Å²) < 4.78 is 3.04. The maximum atomic E-state index is 13.7. The van der Waals surface area contributed by atoms with Gasteiger partial charge in [0.1, 0.15) is 0 Å². The first-order valence-corrected chi connectivity index (χ1v) is 14.6. The molecule has 1 saturated heterocycles. The highest BCUT2D eigenvalue weighted by Gasteiger charge is 2.47. The normalized spacial score (nSPS) is 20.1. The molecule has 0 unspecified atom stereocenters. The number of amides is 2. The minimum Gasteiger partial charge on any atom is -0.465 e. The highest BCUT2D eigenvalue weighted by molar-refractivity contribution is 6.31. The Labute approximate surface area is 256 Å². The second-order valence-electron chi connectivity index (χ2n) is 11.1. The molecule has 2 aliphatic heterocycles. The molecule has 0 aliphatic carbocycles. The van der Waals surface area contributed by atoms with Crippen molar-refractivity contribution in [2.75, 3.05) is 19.6 Å². The fraction of sp³-hybridized carbons (Fsp3) is 0.345. The number of halogens is 2. The van der Waals surface area contributed by atoms with Gasteiger partial charge in [-0.1, -0.05) is 41.8 Å². The maximum Gasteiger partial charge on any atom is 0.407 e.